The van der Waals surface area contributed by atoms with Gasteiger partial charge in [0, 0.05) is 0 Å². The van der Waals surface area contributed by atoms with Crippen LogP contribution in [0, 0.1) is 32.3 Å². The van der Waals surface area contributed by atoms with Crippen LogP contribution < -0.4 is 0 Å². The Morgan fingerprint density at radius 2 is 1.12 bits per heavy atom. The zero-order chi connectivity index (χ0) is 13.9. The van der Waals surface area contributed by atoms with Crippen molar-refractivity contribution in [3.05, 3.63) is 43.6 Å². The van der Waals surface area contributed by atoms with Gasteiger partial charge in [-0.05, 0) is 0 Å². The summed E-state index contributed by atoms with van der Waals surface area (Å²) in [5, 5.41) is 0. The molecule has 0 spiro atoms. The van der Waals surface area contributed by atoms with E-state index in [4.69, 9.17) is 0 Å². The molecule has 1 aliphatic rings. The molecular weight excluding hydrogens is 240 g/mol. The summed E-state index contributed by atoms with van der Waals surface area (Å²) in [6.45, 7) is 25.9. The molecule has 17 heavy (non-hydrogen) atoms. The second kappa shape index (κ2) is 14.3. The van der Waals surface area contributed by atoms with E-state index in [0.717, 1.165) is 0 Å². The first kappa shape index (κ1) is 25.9. The minimum atomic E-state index is 0. The van der Waals surface area contributed by atoms with E-state index >= 15 is 0 Å². The summed E-state index contributed by atoms with van der Waals surface area (Å²) in [7, 11) is 0. The van der Waals surface area contributed by atoms with Crippen molar-refractivity contribution < 1.29 is 21.7 Å². The average Bonchev–Trinajstić information content (AvgIpc) is 2.50. The maximum absolute atomic E-state index is 3.44. The van der Waals surface area contributed by atoms with Crippen molar-refractivity contribution in [1.29, 1.82) is 0 Å². The van der Waals surface area contributed by atoms with Crippen LogP contribution in [0.25, 0.3) is 0 Å². The summed E-state index contributed by atoms with van der Waals surface area (Å²) in [5.74, 6) is 0. The molecular formula is C16H30Ti. The Balaban J connectivity index is -0.000000106. The van der Waals surface area contributed by atoms with Crippen molar-refractivity contribution >= 4 is 0 Å². The topological polar surface area (TPSA) is 0 Å². The fourth-order valence-corrected chi connectivity index (χ4v) is 1.41. The largest absolute Gasteiger partial charge is 4.00 e. The summed E-state index contributed by atoms with van der Waals surface area (Å²) in [6.07, 6.45) is 3.44. The molecule has 0 amide bonds. The van der Waals surface area contributed by atoms with E-state index in [1.54, 1.807) is 20.8 Å². The van der Waals surface area contributed by atoms with Gasteiger partial charge in [0.1, 0.15) is 0 Å². The Bertz CT molecular complexity index is 220. The molecule has 0 saturated heterocycles. The van der Waals surface area contributed by atoms with Gasteiger partial charge in [-0.1, -0.05) is 33.1 Å². The number of hydrogen-bond donors (Lipinski definition) is 0. The van der Waals surface area contributed by atoms with Crippen molar-refractivity contribution in [2.75, 3.05) is 0 Å². The van der Waals surface area contributed by atoms with Crippen LogP contribution in [0.15, 0.2) is 16.7 Å². The third-order valence-electron chi connectivity index (χ3n) is 2.56. The molecule has 0 aromatic carbocycles. The maximum Gasteiger partial charge on any atom is 4.00 e. The van der Waals surface area contributed by atoms with Gasteiger partial charge in [0.15, 0.2) is 0 Å². The van der Waals surface area contributed by atoms with Gasteiger partial charge in [0.05, 0.1) is 0 Å². The normalized spacial score (nSPS) is 14.9. The fourth-order valence-electron chi connectivity index (χ4n) is 1.41. The summed E-state index contributed by atoms with van der Waals surface area (Å²) in [5.41, 5.74) is 4.39. The second-order valence-electron chi connectivity index (χ2n) is 3.62. The quantitative estimate of drug-likeness (QED) is 0.395. The molecule has 0 fully saturated rings. The molecule has 0 aliphatic heterocycles. The van der Waals surface area contributed by atoms with Crippen molar-refractivity contribution in [3.8, 4) is 0 Å². The van der Waals surface area contributed by atoms with Crippen molar-refractivity contribution in [1.82, 2.24) is 0 Å². The monoisotopic (exact) mass is 270 g/mol. The third-order valence-corrected chi connectivity index (χ3v) is 2.56. The number of allylic oxidation sites excluding steroid dienone is 4. The molecule has 0 nitrogen and oxygen atoms in total. The van der Waals surface area contributed by atoms with Gasteiger partial charge in [0.25, 0.3) is 0 Å². The molecule has 0 atom stereocenters. The van der Waals surface area contributed by atoms with E-state index in [1.807, 2.05) is 0 Å². The van der Waals surface area contributed by atoms with Crippen LogP contribution in [0.5, 0.6) is 0 Å². The van der Waals surface area contributed by atoms with E-state index in [9.17, 15) is 0 Å². The molecule has 0 unspecified atom stereocenters. The summed E-state index contributed by atoms with van der Waals surface area (Å²) in [6, 6.07) is 0. The van der Waals surface area contributed by atoms with Crippen LogP contribution >= 0.6 is 0 Å². The third kappa shape index (κ3) is 8.86. The van der Waals surface area contributed by atoms with Gasteiger partial charge in [-0.15, -0.1) is 6.92 Å². The molecule has 0 aromatic heterocycles. The minimum Gasteiger partial charge on any atom is -0.346 e. The Labute approximate surface area is 126 Å². The minimum absolute atomic E-state index is 0. The van der Waals surface area contributed by atoms with Gasteiger partial charge in [-0.3, -0.25) is 6.08 Å². The Hall–Kier alpha value is 0.194. The summed E-state index contributed by atoms with van der Waals surface area (Å²) >= 11 is 0. The second-order valence-corrected chi connectivity index (χ2v) is 3.62. The zero-order valence-corrected chi connectivity index (χ0v) is 14.7. The van der Waals surface area contributed by atoms with E-state index in [0.29, 0.717) is 0 Å². The van der Waals surface area contributed by atoms with Crippen molar-refractivity contribution in [2.24, 2.45) is 5.41 Å². The summed E-state index contributed by atoms with van der Waals surface area (Å²) < 4.78 is 0. The Morgan fingerprint density at radius 3 is 1.18 bits per heavy atom. The van der Waals surface area contributed by atoms with E-state index in [2.05, 4.69) is 61.5 Å². The van der Waals surface area contributed by atoms with Crippen LogP contribution in [-0.2, 0) is 21.7 Å². The molecule has 0 aromatic rings. The Morgan fingerprint density at radius 1 is 0.824 bits per heavy atom. The maximum atomic E-state index is 3.44. The van der Waals surface area contributed by atoms with Crippen LogP contribution in [0.1, 0.15) is 55.4 Å². The molecule has 98 valence electrons. The van der Waals surface area contributed by atoms with Crippen LogP contribution in [0.3, 0.4) is 0 Å². The van der Waals surface area contributed by atoms with E-state index in [-0.39, 0.29) is 27.1 Å². The molecule has 0 radical (unpaired) electrons. The first-order valence-corrected chi connectivity index (χ1v) is 5.87. The van der Waals surface area contributed by atoms with Gasteiger partial charge >= 0.3 is 21.7 Å². The van der Waals surface area contributed by atoms with Gasteiger partial charge in [-0.2, -0.15) is 31.9 Å². The molecule has 1 aliphatic carbocycles. The molecule has 0 N–H and O–H groups in total. The predicted octanol–water partition coefficient (Wildman–Crippen LogP) is 5.63. The predicted molar refractivity (Wildman–Crippen MR) is 77.7 cm³/mol. The number of rotatable bonds is 0. The first-order valence-electron chi connectivity index (χ1n) is 5.87. The van der Waals surface area contributed by atoms with Gasteiger partial charge in [0.2, 0.25) is 0 Å². The molecule has 0 saturated carbocycles. The first-order chi connectivity index (χ1) is 7.45. The standard InChI is InChI=1S/C10H15.3C2H5.Ti/c1-7-6-10(4,5)9(3)8(7)2;3*1-2;/h1-5H3;3*1H2,2H3;/q4*-1;+4. The molecule has 1 heteroatoms. The number of hydrogen-bond acceptors (Lipinski definition) is 0. The van der Waals surface area contributed by atoms with E-state index in [1.165, 1.54) is 16.7 Å². The zero-order valence-electron chi connectivity index (χ0n) is 13.1. The van der Waals surface area contributed by atoms with Crippen molar-refractivity contribution in [3.63, 3.8) is 0 Å². The fraction of sp³-hybridized carbons (Fsp3) is 0.562. The van der Waals surface area contributed by atoms with Crippen LogP contribution in [0.4, 0.5) is 0 Å². The average molecular weight is 270 g/mol. The van der Waals surface area contributed by atoms with Crippen molar-refractivity contribution in [2.45, 2.75) is 55.4 Å². The van der Waals surface area contributed by atoms with Gasteiger partial charge < -0.3 is 20.8 Å². The van der Waals surface area contributed by atoms with Gasteiger partial charge in [-0.25, -0.2) is 5.57 Å². The van der Waals surface area contributed by atoms with E-state index < -0.39 is 0 Å². The van der Waals surface area contributed by atoms with Crippen LogP contribution in [-0.4, -0.2) is 0 Å². The smallest absolute Gasteiger partial charge is 0.346 e. The Kier molecular flexibility index (Phi) is 21.7. The SMILES string of the molecule is CC1=[C-]C(C)(C)C(C)=C1C.[CH2-]C.[CH2-]C.[CH2-]C.[Ti+4]. The molecule has 0 bridgehead atoms. The van der Waals surface area contributed by atoms with Crippen LogP contribution in [0.2, 0.25) is 0 Å². The summed E-state index contributed by atoms with van der Waals surface area (Å²) in [4.78, 5) is 0. The molecule has 1 rings (SSSR count). The molecule has 0 heterocycles.